The smallest absolute Gasteiger partial charge is 0.222 e. The lowest BCUT2D eigenvalue weighted by molar-refractivity contribution is -0.129. The third-order valence-electron chi connectivity index (χ3n) is 4.42. The highest BCUT2D eigenvalue weighted by molar-refractivity contribution is 6.25. The van der Waals surface area contributed by atoms with Gasteiger partial charge in [0, 0.05) is 39.1 Å². The number of nitrogens with zero attached hydrogens (tertiary/aromatic N) is 1. The van der Waals surface area contributed by atoms with Crippen molar-refractivity contribution in [2.45, 2.75) is 77.2 Å². The molecular formula is C21H36ClNO3. The predicted octanol–water partition coefficient (Wildman–Crippen LogP) is 5.26. The predicted molar refractivity (Wildman–Crippen MR) is 109 cm³/mol. The highest BCUT2D eigenvalue weighted by Crippen LogP contribution is 2.12. The van der Waals surface area contributed by atoms with Crippen LogP contribution in [0.3, 0.4) is 0 Å². The van der Waals surface area contributed by atoms with Crippen molar-refractivity contribution in [3.63, 3.8) is 0 Å². The maximum Gasteiger partial charge on any atom is 0.222 e. The van der Waals surface area contributed by atoms with Crippen LogP contribution in [0, 0.1) is 0 Å². The lowest BCUT2D eigenvalue weighted by Crippen LogP contribution is -2.28. The van der Waals surface area contributed by atoms with Crippen LogP contribution in [0.1, 0.15) is 71.1 Å². The number of carbonyl (C=O) groups is 2. The first-order valence-electron chi connectivity index (χ1n) is 9.72. The molecule has 0 saturated heterocycles. The molecule has 0 fully saturated rings. The van der Waals surface area contributed by atoms with E-state index in [9.17, 15) is 9.59 Å². The molecular weight excluding hydrogens is 350 g/mol. The van der Waals surface area contributed by atoms with Gasteiger partial charge in [-0.25, -0.2) is 0 Å². The number of hydrogen-bond acceptors (Lipinski definition) is 3. The van der Waals surface area contributed by atoms with Gasteiger partial charge in [-0.1, -0.05) is 62.8 Å². The minimum Gasteiger partial charge on any atom is -0.381 e. The van der Waals surface area contributed by atoms with Crippen LogP contribution in [0.5, 0.6) is 0 Å². The summed E-state index contributed by atoms with van der Waals surface area (Å²) >= 11 is 5.66. The van der Waals surface area contributed by atoms with E-state index < -0.39 is 0 Å². The largest absolute Gasteiger partial charge is 0.381 e. The van der Waals surface area contributed by atoms with Crippen molar-refractivity contribution in [3.8, 4) is 0 Å². The van der Waals surface area contributed by atoms with E-state index >= 15 is 0 Å². The lowest BCUT2D eigenvalue weighted by Gasteiger charge is -2.17. The SMILES string of the molecule is CCCCCCC[C@@H](C/C=C/CCC(=O)N(C)C/C(=C\Cl)CC=O)OC. The van der Waals surface area contributed by atoms with Crippen molar-refractivity contribution in [2.24, 2.45) is 0 Å². The Kier molecular flexibility index (Phi) is 16.5. The van der Waals surface area contributed by atoms with Crippen molar-refractivity contribution >= 4 is 23.8 Å². The molecule has 4 nitrogen and oxygen atoms in total. The summed E-state index contributed by atoms with van der Waals surface area (Å²) in [4.78, 5) is 24.2. The van der Waals surface area contributed by atoms with E-state index in [4.69, 9.17) is 16.3 Å². The van der Waals surface area contributed by atoms with Crippen molar-refractivity contribution in [2.75, 3.05) is 20.7 Å². The summed E-state index contributed by atoms with van der Waals surface area (Å²) in [5, 5.41) is 0. The molecule has 0 aromatic carbocycles. The molecule has 1 amide bonds. The molecule has 0 aliphatic heterocycles. The molecule has 0 bridgehead atoms. The lowest BCUT2D eigenvalue weighted by atomic mass is 10.1. The van der Waals surface area contributed by atoms with Gasteiger partial charge in [0.25, 0.3) is 0 Å². The minimum absolute atomic E-state index is 0.0516. The first kappa shape index (κ1) is 24.9. The quantitative estimate of drug-likeness (QED) is 0.207. The van der Waals surface area contributed by atoms with Gasteiger partial charge < -0.3 is 14.4 Å². The molecule has 150 valence electrons. The average molecular weight is 386 g/mol. The molecule has 0 aromatic rings. The van der Waals surface area contributed by atoms with Gasteiger partial charge in [0.2, 0.25) is 5.91 Å². The van der Waals surface area contributed by atoms with Crippen LogP contribution in [-0.2, 0) is 14.3 Å². The molecule has 0 spiro atoms. The Hall–Kier alpha value is -1.13. The number of carbonyl (C=O) groups excluding carboxylic acids is 2. The number of halogens is 1. The highest BCUT2D eigenvalue weighted by atomic mass is 35.5. The van der Waals surface area contributed by atoms with Crippen LogP contribution in [0.15, 0.2) is 23.3 Å². The van der Waals surface area contributed by atoms with Crippen molar-refractivity contribution in [1.29, 1.82) is 0 Å². The summed E-state index contributed by atoms with van der Waals surface area (Å²) in [7, 11) is 3.50. The number of allylic oxidation sites excluding steroid dienone is 1. The van der Waals surface area contributed by atoms with Gasteiger partial charge in [-0.05, 0) is 24.8 Å². The molecule has 0 aromatic heterocycles. The van der Waals surface area contributed by atoms with Gasteiger partial charge in [-0.3, -0.25) is 4.79 Å². The third-order valence-corrected chi connectivity index (χ3v) is 4.73. The molecule has 5 heteroatoms. The van der Waals surface area contributed by atoms with E-state index in [0.717, 1.165) is 24.7 Å². The van der Waals surface area contributed by atoms with E-state index in [1.54, 1.807) is 19.1 Å². The molecule has 1 atom stereocenters. The molecule has 0 N–H and O–H groups in total. The number of hydrogen-bond donors (Lipinski definition) is 0. The Morgan fingerprint density at radius 3 is 2.54 bits per heavy atom. The summed E-state index contributed by atoms with van der Waals surface area (Å²) in [6, 6.07) is 0. The van der Waals surface area contributed by atoms with Crippen LogP contribution >= 0.6 is 11.6 Å². The molecule has 0 unspecified atom stereocenters. The number of rotatable bonds is 16. The Bertz CT molecular complexity index is 435. The molecule has 0 aliphatic carbocycles. The third kappa shape index (κ3) is 13.1. The van der Waals surface area contributed by atoms with Gasteiger partial charge in [-0.2, -0.15) is 0 Å². The van der Waals surface area contributed by atoms with E-state index in [0.29, 0.717) is 19.4 Å². The summed E-state index contributed by atoms with van der Waals surface area (Å²) < 4.78 is 5.53. The van der Waals surface area contributed by atoms with Crippen LogP contribution in [-0.4, -0.2) is 43.9 Å². The first-order chi connectivity index (χ1) is 12.6. The van der Waals surface area contributed by atoms with Crippen LogP contribution in [0.4, 0.5) is 0 Å². The molecule has 0 rings (SSSR count). The second kappa shape index (κ2) is 17.3. The second-order valence-electron chi connectivity index (χ2n) is 6.69. The summed E-state index contributed by atoms with van der Waals surface area (Å²) in [6.07, 6.45) is 15.0. The number of likely N-dealkylation sites (N-methyl/N-ethyl adjacent to an activating group) is 1. The Morgan fingerprint density at radius 1 is 1.19 bits per heavy atom. The summed E-state index contributed by atoms with van der Waals surface area (Å²) in [6.45, 7) is 2.62. The first-order valence-corrected chi connectivity index (χ1v) is 10.2. The van der Waals surface area contributed by atoms with E-state index in [1.165, 1.54) is 37.6 Å². The zero-order valence-corrected chi connectivity index (χ0v) is 17.5. The maximum atomic E-state index is 12.1. The standard InChI is InChI=1S/C21H36ClNO3/c1-4-5-6-7-9-12-20(26-3)13-10-8-11-14-21(25)23(2)18-19(17-22)15-16-24/h8,10,16-17,20H,4-7,9,11-15,18H2,1-3H3/b10-8+,19-17-/t20-/m0/s1. The maximum absolute atomic E-state index is 12.1. The Balaban J connectivity index is 3.98. The number of ether oxygens (including phenoxy) is 1. The van der Waals surface area contributed by atoms with Crippen LogP contribution < -0.4 is 0 Å². The fourth-order valence-electron chi connectivity index (χ4n) is 2.71. The van der Waals surface area contributed by atoms with E-state index in [2.05, 4.69) is 19.1 Å². The molecule has 0 heterocycles. The van der Waals surface area contributed by atoms with E-state index in [-0.39, 0.29) is 18.4 Å². The number of aldehydes is 1. The number of methoxy groups -OCH3 is 1. The second-order valence-corrected chi connectivity index (χ2v) is 6.91. The van der Waals surface area contributed by atoms with Gasteiger partial charge in [0.1, 0.15) is 6.29 Å². The summed E-state index contributed by atoms with van der Waals surface area (Å²) in [5.74, 6) is 0.0516. The average Bonchev–Trinajstić information content (AvgIpc) is 2.65. The monoisotopic (exact) mass is 385 g/mol. The molecule has 0 aliphatic rings. The van der Waals surface area contributed by atoms with Crippen molar-refractivity contribution in [3.05, 3.63) is 23.3 Å². The normalized spacial score (nSPS) is 13.2. The van der Waals surface area contributed by atoms with Crippen molar-refractivity contribution < 1.29 is 14.3 Å². The molecule has 26 heavy (non-hydrogen) atoms. The topological polar surface area (TPSA) is 46.6 Å². The fraction of sp³-hybridized carbons (Fsp3) is 0.714. The number of unbranched alkanes of at least 4 members (excludes halogenated alkanes) is 4. The fourth-order valence-corrected chi connectivity index (χ4v) is 2.87. The molecule has 0 saturated carbocycles. The molecule has 0 radical (unpaired) electrons. The van der Waals surface area contributed by atoms with E-state index in [1.807, 2.05) is 0 Å². The van der Waals surface area contributed by atoms with Crippen LogP contribution in [0.2, 0.25) is 0 Å². The van der Waals surface area contributed by atoms with Gasteiger partial charge >= 0.3 is 0 Å². The Labute approximate surface area is 164 Å². The Morgan fingerprint density at radius 2 is 1.92 bits per heavy atom. The number of amides is 1. The van der Waals surface area contributed by atoms with Gasteiger partial charge in [0.15, 0.2) is 0 Å². The summed E-state index contributed by atoms with van der Waals surface area (Å²) in [5.41, 5.74) is 2.13. The van der Waals surface area contributed by atoms with Crippen LogP contribution in [0.25, 0.3) is 0 Å². The zero-order valence-electron chi connectivity index (χ0n) is 16.7. The minimum atomic E-state index is 0.0516. The van der Waals surface area contributed by atoms with Gasteiger partial charge in [0.05, 0.1) is 6.10 Å². The highest BCUT2D eigenvalue weighted by Gasteiger charge is 2.10. The van der Waals surface area contributed by atoms with Gasteiger partial charge in [-0.15, -0.1) is 0 Å². The van der Waals surface area contributed by atoms with Crippen molar-refractivity contribution in [1.82, 2.24) is 4.90 Å². The zero-order chi connectivity index (χ0) is 19.6.